The second-order valence-corrected chi connectivity index (χ2v) is 5.68. The topological polar surface area (TPSA) is 21.3 Å². The summed E-state index contributed by atoms with van der Waals surface area (Å²) >= 11 is 0. The van der Waals surface area contributed by atoms with E-state index in [2.05, 4.69) is 37.4 Å². The fourth-order valence-corrected chi connectivity index (χ4v) is 3.16. The summed E-state index contributed by atoms with van der Waals surface area (Å²) in [6.45, 7) is 6.57. The molecule has 0 radical (unpaired) electrons. The fourth-order valence-electron chi connectivity index (χ4n) is 3.16. The lowest BCUT2D eigenvalue weighted by molar-refractivity contribution is 0.248. The van der Waals surface area contributed by atoms with E-state index in [0.717, 1.165) is 31.2 Å². The zero-order chi connectivity index (χ0) is 11.8. The molecule has 0 saturated carbocycles. The van der Waals surface area contributed by atoms with Crippen molar-refractivity contribution in [3.05, 3.63) is 29.3 Å². The molecule has 1 aromatic carbocycles. The van der Waals surface area contributed by atoms with Crippen LogP contribution in [0.5, 0.6) is 5.75 Å². The third-order valence-electron chi connectivity index (χ3n) is 3.93. The molecule has 0 aromatic heterocycles. The van der Waals surface area contributed by atoms with Crippen molar-refractivity contribution in [3.8, 4) is 5.75 Å². The van der Waals surface area contributed by atoms with Gasteiger partial charge in [-0.05, 0) is 30.4 Å². The van der Waals surface area contributed by atoms with Crippen LogP contribution in [0.2, 0.25) is 0 Å². The van der Waals surface area contributed by atoms with E-state index in [1.54, 1.807) is 0 Å². The van der Waals surface area contributed by atoms with Crippen molar-refractivity contribution in [3.63, 3.8) is 0 Å². The van der Waals surface area contributed by atoms with Crippen LogP contribution < -0.4 is 10.1 Å². The van der Waals surface area contributed by atoms with E-state index in [0.29, 0.717) is 12.0 Å². The largest absolute Gasteiger partial charge is 0.493 e. The molecular weight excluding hydrogens is 210 g/mol. The Morgan fingerprint density at radius 2 is 2.29 bits per heavy atom. The zero-order valence-electron chi connectivity index (χ0n) is 10.7. The number of ether oxygens (including phenoxy) is 1. The first kappa shape index (κ1) is 11.1. The van der Waals surface area contributed by atoms with E-state index in [1.807, 2.05) is 0 Å². The second kappa shape index (κ2) is 4.34. The molecule has 0 amide bonds. The van der Waals surface area contributed by atoms with Crippen molar-refractivity contribution in [2.24, 2.45) is 5.92 Å². The Bertz CT molecular complexity index is 413. The molecule has 0 fully saturated rings. The van der Waals surface area contributed by atoms with Gasteiger partial charge in [-0.15, -0.1) is 0 Å². The van der Waals surface area contributed by atoms with Crippen LogP contribution in [-0.2, 0) is 0 Å². The van der Waals surface area contributed by atoms with Crippen LogP contribution in [0.3, 0.4) is 0 Å². The molecule has 2 atom stereocenters. The van der Waals surface area contributed by atoms with E-state index in [9.17, 15) is 0 Å². The lowest BCUT2D eigenvalue weighted by Gasteiger charge is -2.37. The maximum Gasteiger partial charge on any atom is 0.123 e. The van der Waals surface area contributed by atoms with Crippen molar-refractivity contribution in [1.29, 1.82) is 0 Å². The van der Waals surface area contributed by atoms with Gasteiger partial charge in [-0.25, -0.2) is 0 Å². The molecule has 0 spiro atoms. The van der Waals surface area contributed by atoms with Gasteiger partial charge in [0.1, 0.15) is 5.75 Å². The summed E-state index contributed by atoms with van der Waals surface area (Å²) in [5, 5.41) is 3.71. The predicted octanol–water partition coefficient (Wildman–Crippen LogP) is 3.24. The average molecular weight is 231 g/mol. The van der Waals surface area contributed by atoms with Crippen LogP contribution in [0.1, 0.15) is 49.8 Å². The van der Waals surface area contributed by atoms with Crippen molar-refractivity contribution < 1.29 is 4.74 Å². The standard InChI is InChI=1S/C15H21NO/c1-10(2)8-13-12-4-3-5-14-15(12)11(9-16-13)6-7-17-14/h3-5,10-11,13,16H,6-9H2,1-2H3. The van der Waals surface area contributed by atoms with Gasteiger partial charge < -0.3 is 10.1 Å². The number of hydrogen-bond donors (Lipinski definition) is 1. The highest BCUT2D eigenvalue weighted by Gasteiger charge is 2.31. The number of benzene rings is 1. The summed E-state index contributed by atoms with van der Waals surface area (Å²) in [5.41, 5.74) is 2.97. The van der Waals surface area contributed by atoms with Crippen LogP contribution in [0.4, 0.5) is 0 Å². The number of hydrogen-bond acceptors (Lipinski definition) is 2. The SMILES string of the molecule is CC(C)CC1NCC2CCOc3cccc1c32. The molecule has 17 heavy (non-hydrogen) atoms. The molecule has 0 bridgehead atoms. The highest BCUT2D eigenvalue weighted by Crippen LogP contribution is 2.42. The summed E-state index contributed by atoms with van der Waals surface area (Å²) in [6.07, 6.45) is 2.37. The minimum atomic E-state index is 0.517. The molecule has 92 valence electrons. The lowest BCUT2D eigenvalue weighted by atomic mass is 9.81. The van der Waals surface area contributed by atoms with E-state index in [-0.39, 0.29) is 0 Å². The summed E-state index contributed by atoms with van der Waals surface area (Å²) < 4.78 is 5.80. The number of rotatable bonds is 2. The van der Waals surface area contributed by atoms with Crippen LogP contribution >= 0.6 is 0 Å². The van der Waals surface area contributed by atoms with Crippen molar-refractivity contribution in [2.45, 2.75) is 38.6 Å². The lowest BCUT2D eigenvalue weighted by Crippen LogP contribution is -2.36. The van der Waals surface area contributed by atoms with E-state index in [1.165, 1.54) is 17.5 Å². The Hall–Kier alpha value is -1.02. The Balaban J connectivity index is 2.00. The van der Waals surface area contributed by atoms with Crippen LogP contribution in [0.25, 0.3) is 0 Å². The third-order valence-corrected chi connectivity index (χ3v) is 3.93. The Kier molecular flexibility index (Phi) is 2.83. The molecule has 2 heteroatoms. The van der Waals surface area contributed by atoms with Crippen LogP contribution in [-0.4, -0.2) is 13.2 Å². The smallest absolute Gasteiger partial charge is 0.123 e. The fraction of sp³-hybridized carbons (Fsp3) is 0.600. The third kappa shape index (κ3) is 1.95. The van der Waals surface area contributed by atoms with Gasteiger partial charge in [0.2, 0.25) is 0 Å². The van der Waals surface area contributed by atoms with Crippen LogP contribution in [0.15, 0.2) is 18.2 Å². The normalized spacial score (nSPS) is 26.5. The van der Waals surface area contributed by atoms with Gasteiger partial charge in [0, 0.05) is 24.1 Å². The van der Waals surface area contributed by atoms with Gasteiger partial charge in [0.25, 0.3) is 0 Å². The minimum absolute atomic E-state index is 0.517. The molecule has 0 saturated heterocycles. The van der Waals surface area contributed by atoms with E-state index < -0.39 is 0 Å². The maximum atomic E-state index is 5.80. The van der Waals surface area contributed by atoms with E-state index >= 15 is 0 Å². The van der Waals surface area contributed by atoms with Gasteiger partial charge in [-0.1, -0.05) is 26.0 Å². The Morgan fingerprint density at radius 3 is 3.12 bits per heavy atom. The first-order chi connectivity index (χ1) is 8.25. The summed E-state index contributed by atoms with van der Waals surface area (Å²) in [5.74, 6) is 2.52. The van der Waals surface area contributed by atoms with Crippen molar-refractivity contribution in [2.75, 3.05) is 13.2 Å². The van der Waals surface area contributed by atoms with Gasteiger partial charge in [0.05, 0.1) is 6.61 Å². The molecule has 3 rings (SSSR count). The maximum absolute atomic E-state index is 5.80. The molecule has 2 unspecified atom stereocenters. The second-order valence-electron chi connectivity index (χ2n) is 5.68. The molecule has 2 nitrogen and oxygen atoms in total. The number of nitrogens with one attached hydrogen (secondary N) is 1. The van der Waals surface area contributed by atoms with Gasteiger partial charge in [-0.2, -0.15) is 0 Å². The summed E-state index contributed by atoms with van der Waals surface area (Å²) in [7, 11) is 0. The Morgan fingerprint density at radius 1 is 1.41 bits per heavy atom. The van der Waals surface area contributed by atoms with Gasteiger partial charge in [-0.3, -0.25) is 0 Å². The minimum Gasteiger partial charge on any atom is -0.493 e. The molecular formula is C15H21NO. The molecule has 2 aliphatic rings. The molecule has 1 N–H and O–H groups in total. The molecule has 0 aliphatic carbocycles. The molecule has 1 aromatic rings. The van der Waals surface area contributed by atoms with Crippen molar-refractivity contribution in [1.82, 2.24) is 5.32 Å². The first-order valence-electron chi connectivity index (χ1n) is 6.74. The zero-order valence-corrected chi connectivity index (χ0v) is 10.7. The molecule has 2 heterocycles. The first-order valence-corrected chi connectivity index (χ1v) is 6.74. The highest BCUT2D eigenvalue weighted by molar-refractivity contribution is 5.47. The molecule has 2 aliphatic heterocycles. The predicted molar refractivity (Wildman–Crippen MR) is 69.5 cm³/mol. The van der Waals surface area contributed by atoms with Crippen LogP contribution in [0, 0.1) is 5.92 Å². The van der Waals surface area contributed by atoms with Crippen molar-refractivity contribution >= 4 is 0 Å². The summed E-state index contributed by atoms with van der Waals surface area (Å²) in [6, 6.07) is 7.06. The monoisotopic (exact) mass is 231 g/mol. The highest BCUT2D eigenvalue weighted by atomic mass is 16.5. The summed E-state index contributed by atoms with van der Waals surface area (Å²) in [4.78, 5) is 0. The van der Waals surface area contributed by atoms with E-state index in [4.69, 9.17) is 4.74 Å². The van der Waals surface area contributed by atoms with Gasteiger partial charge in [0.15, 0.2) is 0 Å². The van der Waals surface area contributed by atoms with Gasteiger partial charge >= 0.3 is 0 Å². The Labute approximate surface area is 103 Å². The quantitative estimate of drug-likeness (QED) is 0.843. The average Bonchev–Trinajstić information content (AvgIpc) is 2.33.